The number of nitrogens with zero attached hydrogens (tertiary/aromatic N) is 1. The topological polar surface area (TPSA) is 60.7 Å². The lowest BCUT2D eigenvalue weighted by Gasteiger charge is -2.17. The first-order valence-corrected chi connectivity index (χ1v) is 11.2. The van der Waals surface area contributed by atoms with Crippen molar-refractivity contribution >= 4 is 10.9 Å². The average Bonchev–Trinajstić information content (AvgIpc) is 2.72. The molecule has 0 fully saturated rings. The van der Waals surface area contributed by atoms with Gasteiger partial charge in [0.05, 0.1) is 19.2 Å². The molecule has 162 valence electrons. The van der Waals surface area contributed by atoms with Crippen molar-refractivity contribution in [1.29, 1.82) is 0 Å². The lowest BCUT2D eigenvalue weighted by atomic mass is 10.1. The van der Waals surface area contributed by atoms with Gasteiger partial charge in [-0.15, -0.1) is 0 Å². The minimum absolute atomic E-state index is 0.141. The van der Waals surface area contributed by atoms with Gasteiger partial charge in [0, 0.05) is 18.0 Å². The molecule has 1 N–H and O–H groups in total. The van der Waals surface area contributed by atoms with E-state index in [-0.39, 0.29) is 17.1 Å². The Hall–Kier alpha value is -2.17. The zero-order chi connectivity index (χ0) is 21.1. The molecule has 0 aliphatic rings. The predicted molar refractivity (Wildman–Crippen MR) is 119 cm³/mol. The first kappa shape index (κ1) is 23.1. The van der Waals surface area contributed by atoms with Gasteiger partial charge in [0.2, 0.25) is 5.75 Å². The number of pyridine rings is 1. The minimum Gasteiger partial charge on any atom is -0.508 e. The molecule has 0 radical (unpaired) electrons. The van der Waals surface area contributed by atoms with Gasteiger partial charge in [0.25, 0.3) is 5.56 Å². The number of hydrogen-bond donors (Lipinski definition) is 1. The van der Waals surface area contributed by atoms with Crippen LogP contribution in [0.4, 0.5) is 0 Å². The van der Waals surface area contributed by atoms with Crippen LogP contribution in [-0.4, -0.2) is 23.4 Å². The summed E-state index contributed by atoms with van der Waals surface area (Å²) in [6, 6.07) is 5.05. The summed E-state index contributed by atoms with van der Waals surface area (Å²) in [4.78, 5) is 13.2. The van der Waals surface area contributed by atoms with E-state index >= 15 is 0 Å². The molecule has 0 aliphatic carbocycles. The molecule has 0 unspecified atom stereocenters. The van der Waals surface area contributed by atoms with Gasteiger partial charge in [-0.1, -0.05) is 65.2 Å². The summed E-state index contributed by atoms with van der Waals surface area (Å²) in [7, 11) is 1.56. The van der Waals surface area contributed by atoms with Crippen LogP contribution in [0.3, 0.4) is 0 Å². The number of methoxy groups -OCH3 is 1. The predicted octanol–water partition coefficient (Wildman–Crippen LogP) is 6.04. The molecular weight excluding hydrogens is 366 g/mol. The van der Waals surface area contributed by atoms with Crippen LogP contribution in [-0.2, 0) is 6.54 Å². The summed E-state index contributed by atoms with van der Waals surface area (Å²) in [5.74, 6) is 0.887. The Bertz CT molecular complexity index is 813. The smallest absolute Gasteiger partial charge is 0.297 e. The van der Waals surface area contributed by atoms with E-state index in [4.69, 9.17) is 9.47 Å². The molecule has 1 aromatic heterocycles. The molecule has 0 aliphatic heterocycles. The Morgan fingerprint density at radius 2 is 1.55 bits per heavy atom. The van der Waals surface area contributed by atoms with Crippen LogP contribution in [0.15, 0.2) is 23.0 Å². The monoisotopic (exact) mass is 403 g/mol. The second-order valence-electron chi connectivity index (χ2n) is 7.70. The van der Waals surface area contributed by atoms with E-state index in [0.29, 0.717) is 24.4 Å². The third-order valence-electron chi connectivity index (χ3n) is 5.35. The Balaban J connectivity index is 2.24. The molecule has 5 heteroatoms. The molecule has 2 rings (SSSR count). The van der Waals surface area contributed by atoms with Crippen LogP contribution < -0.4 is 15.0 Å². The molecule has 0 amide bonds. The van der Waals surface area contributed by atoms with Gasteiger partial charge >= 0.3 is 0 Å². The van der Waals surface area contributed by atoms with Crippen molar-refractivity contribution in [2.75, 3.05) is 13.7 Å². The highest BCUT2D eigenvalue weighted by atomic mass is 16.5. The van der Waals surface area contributed by atoms with Crippen LogP contribution in [0.1, 0.15) is 78.1 Å². The number of hydrogen-bond acceptors (Lipinski definition) is 4. The lowest BCUT2D eigenvalue weighted by Crippen LogP contribution is -2.24. The first-order valence-electron chi connectivity index (χ1n) is 11.2. The van der Waals surface area contributed by atoms with E-state index in [1.54, 1.807) is 29.9 Å². The molecule has 0 bridgehead atoms. The van der Waals surface area contributed by atoms with Crippen molar-refractivity contribution in [3.05, 3.63) is 28.6 Å². The largest absolute Gasteiger partial charge is 0.508 e. The van der Waals surface area contributed by atoms with Gasteiger partial charge in [0.1, 0.15) is 5.75 Å². The number of phenolic OH excluding ortho intramolecular Hbond substituents is 1. The molecule has 2 aromatic rings. The first-order chi connectivity index (χ1) is 14.1. The molecular formula is C24H37NO4. The number of fused-ring (bicyclic) bond motifs is 1. The minimum atomic E-state index is -0.178. The molecule has 29 heavy (non-hydrogen) atoms. The van der Waals surface area contributed by atoms with Crippen molar-refractivity contribution in [2.24, 2.45) is 0 Å². The summed E-state index contributed by atoms with van der Waals surface area (Å²) in [6.07, 6.45) is 11.3. The van der Waals surface area contributed by atoms with Crippen LogP contribution in [0.25, 0.3) is 10.9 Å². The molecule has 5 nitrogen and oxygen atoms in total. The van der Waals surface area contributed by atoms with Gasteiger partial charge in [-0.2, -0.15) is 0 Å². The van der Waals surface area contributed by atoms with Crippen LogP contribution in [0.5, 0.6) is 17.2 Å². The number of unbranched alkanes of at least 4 members (excludes halogenated alkanes) is 8. The van der Waals surface area contributed by atoms with E-state index < -0.39 is 0 Å². The second kappa shape index (κ2) is 12.4. The van der Waals surface area contributed by atoms with Crippen molar-refractivity contribution in [2.45, 2.75) is 84.6 Å². The number of aryl methyl sites for hydroxylation is 1. The van der Waals surface area contributed by atoms with Gasteiger partial charge in [0.15, 0.2) is 5.75 Å². The SMILES string of the molecule is CCCCCCCCOc1c(OC)c2ccc(O)cc2n(CCCCCC)c1=O. The normalized spacial score (nSPS) is 11.1. The summed E-state index contributed by atoms with van der Waals surface area (Å²) < 4.78 is 13.2. The second-order valence-corrected chi connectivity index (χ2v) is 7.70. The maximum atomic E-state index is 13.2. The quantitative estimate of drug-likeness (QED) is 0.391. The number of aromatic hydroxyl groups is 1. The zero-order valence-electron chi connectivity index (χ0n) is 18.3. The fraction of sp³-hybridized carbons (Fsp3) is 0.625. The number of phenols is 1. The Kier molecular flexibility index (Phi) is 9.89. The number of rotatable bonds is 14. The van der Waals surface area contributed by atoms with E-state index in [1.807, 2.05) is 0 Å². The van der Waals surface area contributed by atoms with E-state index in [2.05, 4.69) is 13.8 Å². The highest BCUT2D eigenvalue weighted by molar-refractivity contribution is 5.89. The summed E-state index contributed by atoms with van der Waals surface area (Å²) in [6.45, 7) is 5.50. The average molecular weight is 404 g/mol. The van der Waals surface area contributed by atoms with Crippen LogP contribution in [0.2, 0.25) is 0 Å². The Morgan fingerprint density at radius 1 is 0.897 bits per heavy atom. The van der Waals surface area contributed by atoms with Crippen LogP contribution in [0, 0.1) is 0 Å². The Labute approximate surface area is 174 Å². The van der Waals surface area contributed by atoms with E-state index in [1.165, 1.54) is 25.7 Å². The molecule has 1 aromatic carbocycles. The molecule has 0 atom stereocenters. The molecule has 1 heterocycles. The van der Waals surface area contributed by atoms with Gasteiger partial charge in [-0.25, -0.2) is 0 Å². The molecule has 0 spiro atoms. The Morgan fingerprint density at radius 3 is 2.24 bits per heavy atom. The van der Waals surface area contributed by atoms with Crippen molar-refractivity contribution in [1.82, 2.24) is 4.57 Å². The maximum absolute atomic E-state index is 13.2. The van der Waals surface area contributed by atoms with Crippen molar-refractivity contribution in [3.63, 3.8) is 0 Å². The number of aromatic nitrogens is 1. The highest BCUT2D eigenvalue weighted by Crippen LogP contribution is 2.34. The number of benzene rings is 1. The van der Waals surface area contributed by atoms with E-state index in [0.717, 1.165) is 43.9 Å². The molecule has 0 saturated carbocycles. The van der Waals surface area contributed by atoms with Crippen LogP contribution >= 0.6 is 0 Å². The van der Waals surface area contributed by atoms with Gasteiger partial charge in [-0.05, 0) is 25.0 Å². The van der Waals surface area contributed by atoms with E-state index in [9.17, 15) is 9.90 Å². The summed E-state index contributed by atoms with van der Waals surface area (Å²) in [5, 5.41) is 10.8. The van der Waals surface area contributed by atoms with Gasteiger partial charge < -0.3 is 19.1 Å². The van der Waals surface area contributed by atoms with Crippen molar-refractivity contribution < 1.29 is 14.6 Å². The fourth-order valence-electron chi connectivity index (χ4n) is 3.69. The maximum Gasteiger partial charge on any atom is 0.297 e. The fourth-order valence-corrected chi connectivity index (χ4v) is 3.69. The lowest BCUT2D eigenvalue weighted by molar-refractivity contribution is 0.279. The number of ether oxygens (including phenoxy) is 2. The third kappa shape index (κ3) is 6.41. The molecule has 0 saturated heterocycles. The zero-order valence-corrected chi connectivity index (χ0v) is 18.3. The van der Waals surface area contributed by atoms with Crippen molar-refractivity contribution in [3.8, 4) is 17.2 Å². The third-order valence-corrected chi connectivity index (χ3v) is 5.35. The highest BCUT2D eigenvalue weighted by Gasteiger charge is 2.19. The standard InChI is InChI=1S/C24H37NO4/c1-4-6-8-10-11-13-17-29-23-22(28-3)20-15-14-19(26)18-21(20)25(24(23)27)16-12-9-7-5-2/h14-15,18,26H,4-13,16-17H2,1-3H3. The summed E-state index contributed by atoms with van der Waals surface area (Å²) >= 11 is 0. The van der Waals surface area contributed by atoms with Gasteiger partial charge in [-0.3, -0.25) is 4.79 Å². The summed E-state index contributed by atoms with van der Waals surface area (Å²) in [5.41, 5.74) is 0.512.